The maximum atomic E-state index is 5.76. The molecule has 0 nitrogen and oxygen atoms in total. The minimum atomic E-state index is -1.18. The first-order valence-corrected chi connectivity index (χ1v) is 8.22. The zero-order valence-electron chi connectivity index (χ0n) is 8.44. The maximum Gasteiger partial charge on any atom is 0.00504 e. The lowest BCUT2D eigenvalue weighted by molar-refractivity contribution is 1.14. The molecule has 0 aliphatic carbocycles. The number of rotatable bonds is 2. The van der Waals surface area contributed by atoms with Crippen LogP contribution in [0, 0.1) is 0 Å². The highest BCUT2D eigenvalue weighted by Crippen LogP contribution is 2.56. The van der Waals surface area contributed by atoms with Crippen LogP contribution in [0.1, 0.15) is 18.9 Å². The smallest absolute Gasteiger partial charge is 0.00504 e. The van der Waals surface area contributed by atoms with Crippen LogP contribution >= 0.6 is 6.04 Å². The van der Waals surface area contributed by atoms with Gasteiger partial charge in [0, 0.05) is 6.16 Å². The second-order valence-corrected chi connectivity index (χ2v) is 9.15. The molecule has 1 aliphatic heterocycles. The van der Waals surface area contributed by atoms with E-state index >= 15 is 0 Å². The largest absolute Gasteiger partial charge is 0.0928 e. The average molecular weight is 222 g/mol. The van der Waals surface area contributed by atoms with Gasteiger partial charge in [-0.25, -0.2) is 0 Å². The minimum Gasteiger partial charge on any atom is -0.0928 e. The number of allylic oxidation sites excluding steroid dienone is 1. The summed E-state index contributed by atoms with van der Waals surface area (Å²) in [7, 11) is 0. The van der Waals surface area contributed by atoms with Crippen LogP contribution < -0.4 is 0 Å². The van der Waals surface area contributed by atoms with Crippen LogP contribution in [-0.4, -0.2) is 6.16 Å². The number of benzene rings is 1. The lowest BCUT2D eigenvalue weighted by Crippen LogP contribution is -1.86. The Morgan fingerprint density at radius 3 is 2.57 bits per heavy atom. The van der Waals surface area contributed by atoms with Gasteiger partial charge in [-0.15, -0.1) is 0 Å². The zero-order chi connectivity index (χ0) is 10.0. The lowest BCUT2D eigenvalue weighted by atomic mass is 10.2. The third-order valence-corrected chi connectivity index (χ3v) is 6.68. The quantitative estimate of drug-likeness (QED) is 0.682. The molecule has 0 radical (unpaired) electrons. The molecule has 0 amide bonds. The van der Waals surface area contributed by atoms with Crippen LogP contribution in [0.3, 0.4) is 0 Å². The van der Waals surface area contributed by atoms with Gasteiger partial charge in [0.2, 0.25) is 0 Å². The zero-order valence-corrected chi connectivity index (χ0v) is 10.2. The van der Waals surface area contributed by atoms with Crippen molar-refractivity contribution in [1.82, 2.24) is 0 Å². The van der Waals surface area contributed by atoms with Gasteiger partial charge >= 0.3 is 0 Å². The molecule has 1 atom stereocenters. The van der Waals surface area contributed by atoms with Gasteiger partial charge in [0.1, 0.15) is 0 Å². The van der Waals surface area contributed by atoms with Crippen LogP contribution in [0.15, 0.2) is 41.7 Å². The van der Waals surface area contributed by atoms with Crippen molar-refractivity contribution in [2.75, 3.05) is 6.16 Å². The lowest BCUT2D eigenvalue weighted by Gasteiger charge is -2.12. The second-order valence-electron chi connectivity index (χ2n) is 4.05. The molecule has 0 fully saturated rings. The molecule has 0 N–H and O–H groups in total. The Kier molecular flexibility index (Phi) is 2.90. The Morgan fingerprint density at radius 2 is 2.00 bits per heavy atom. The molecule has 0 spiro atoms. The van der Waals surface area contributed by atoms with E-state index in [1.165, 1.54) is 23.7 Å². The summed E-state index contributed by atoms with van der Waals surface area (Å²) >= 11 is 5.76. The minimum absolute atomic E-state index is 1.11. The van der Waals surface area contributed by atoms with Crippen molar-refractivity contribution in [3.8, 4) is 0 Å². The number of hydrogen-bond donors (Lipinski definition) is 0. The first kappa shape index (κ1) is 10.1. The van der Waals surface area contributed by atoms with E-state index in [0.717, 1.165) is 6.16 Å². The molecule has 1 heterocycles. The van der Waals surface area contributed by atoms with Gasteiger partial charge in [0.15, 0.2) is 0 Å². The van der Waals surface area contributed by atoms with Gasteiger partial charge < -0.3 is 0 Å². The Morgan fingerprint density at radius 1 is 1.29 bits per heavy atom. The average Bonchev–Trinajstić information content (AvgIpc) is 2.47. The predicted molar refractivity (Wildman–Crippen MR) is 67.7 cm³/mol. The standard InChI is InChI=1S/C12H15PS/c1-11-7-8-13(14,9-11)10-12-5-3-2-4-6-12/h2-6,9H,7-8,10H2,1H3. The molecule has 14 heavy (non-hydrogen) atoms. The van der Waals surface area contributed by atoms with E-state index in [9.17, 15) is 0 Å². The topological polar surface area (TPSA) is 0 Å². The Bertz CT molecular complexity index is 392. The van der Waals surface area contributed by atoms with E-state index in [0.29, 0.717) is 0 Å². The van der Waals surface area contributed by atoms with Crippen molar-refractivity contribution in [3.63, 3.8) is 0 Å². The molecule has 1 aromatic rings. The summed E-state index contributed by atoms with van der Waals surface area (Å²) in [4.78, 5) is 0. The van der Waals surface area contributed by atoms with E-state index in [1.807, 2.05) is 0 Å². The Balaban J connectivity index is 2.16. The van der Waals surface area contributed by atoms with Gasteiger partial charge in [-0.05, 0) is 31.1 Å². The SMILES string of the molecule is CC1=CP(=S)(Cc2ccccc2)CC1. The van der Waals surface area contributed by atoms with Crippen LogP contribution in [-0.2, 0) is 18.0 Å². The molecule has 2 rings (SSSR count). The normalized spacial score (nSPS) is 26.2. The highest BCUT2D eigenvalue weighted by atomic mass is 32.4. The van der Waals surface area contributed by atoms with Gasteiger partial charge in [-0.2, -0.15) is 0 Å². The summed E-state index contributed by atoms with van der Waals surface area (Å²) in [5, 5.41) is 0. The van der Waals surface area contributed by atoms with Crippen molar-refractivity contribution in [1.29, 1.82) is 0 Å². The van der Waals surface area contributed by atoms with E-state index in [-0.39, 0.29) is 0 Å². The third kappa shape index (κ3) is 2.34. The molecule has 1 aromatic carbocycles. The van der Waals surface area contributed by atoms with Crippen LogP contribution in [0.25, 0.3) is 0 Å². The summed E-state index contributed by atoms with van der Waals surface area (Å²) in [6, 6.07) is 9.47. The molecular formula is C12H15PS. The monoisotopic (exact) mass is 222 g/mol. The predicted octanol–water partition coefficient (Wildman–Crippen LogP) is 3.97. The molecule has 0 saturated carbocycles. The molecule has 1 aliphatic rings. The van der Waals surface area contributed by atoms with Gasteiger partial charge in [0.25, 0.3) is 0 Å². The highest BCUT2D eigenvalue weighted by molar-refractivity contribution is 8.15. The van der Waals surface area contributed by atoms with E-state index < -0.39 is 6.04 Å². The maximum absolute atomic E-state index is 5.76. The van der Waals surface area contributed by atoms with Crippen LogP contribution in [0.2, 0.25) is 0 Å². The molecular weight excluding hydrogens is 207 g/mol. The summed E-state index contributed by atoms with van der Waals surface area (Å²) in [6.07, 6.45) is 3.58. The molecule has 0 saturated heterocycles. The van der Waals surface area contributed by atoms with Crippen molar-refractivity contribution in [2.45, 2.75) is 19.5 Å². The van der Waals surface area contributed by atoms with Gasteiger partial charge in [-0.3, -0.25) is 0 Å². The fourth-order valence-corrected chi connectivity index (χ4v) is 6.05. The second kappa shape index (κ2) is 4.00. The third-order valence-electron chi connectivity index (χ3n) is 2.63. The summed E-state index contributed by atoms with van der Waals surface area (Å²) < 4.78 is 0. The first-order valence-electron chi connectivity index (χ1n) is 4.98. The summed E-state index contributed by atoms with van der Waals surface area (Å²) in [6.45, 7) is 2.21. The fraction of sp³-hybridized carbons (Fsp3) is 0.333. The first-order chi connectivity index (χ1) is 6.68. The highest BCUT2D eigenvalue weighted by Gasteiger charge is 2.20. The summed E-state index contributed by atoms with van der Waals surface area (Å²) in [5.41, 5.74) is 2.91. The van der Waals surface area contributed by atoms with Crippen molar-refractivity contribution >= 4 is 17.8 Å². The molecule has 0 aromatic heterocycles. The van der Waals surface area contributed by atoms with Crippen molar-refractivity contribution < 1.29 is 0 Å². The van der Waals surface area contributed by atoms with Crippen molar-refractivity contribution in [3.05, 3.63) is 47.3 Å². The van der Waals surface area contributed by atoms with Crippen LogP contribution in [0.4, 0.5) is 0 Å². The van der Waals surface area contributed by atoms with Crippen molar-refractivity contribution in [2.24, 2.45) is 0 Å². The molecule has 74 valence electrons. The fourth-order valence-electron chi connectivity index (χ4n) is 1.91. The molecule has 1 unspecified atom stereocenters. The Hall–Kier alpha value is -0.390. The van der Waals surface area contributed by atoms with E-state index in [1.54, 1.807) is 0 Å². The molecule has 0 bridgehead atoms. The van der Waals surface area contributed by atoms with E-state index in [4.69, 9.17) is 11.8 Å². The number of hydrogen-bond acceptors (Lipinski definition) is 1. The summed E-state index contributed by atoms with van der Waals surface area (Å²) in [5.74, 6) is 2.38. The Labute approximate surface area is 91.0 Å². The van der Waals surface area contributed by atoms with Gasteiger partial charge in [0.05, 0.1) is 0 Å². The molecule has 2 heteroatoms. The van der Waals surface area contributed by atoms with Gasteiger partial charge in [-0.1, -0.05) is 53.5 Å². The van der Waals surface area contributed by atoms with E-state index in [2.05, 4.69) is 43.1 Å². The van der Waals surface area contributed by atoms with Crippen LogP contribution in [0.5, 0.6) is 0 Å².